The van der Waals surface area contributed by atoms with Crippen molar-refractivity contribution in [2.75, 3.05) is 12.3 Å². The molecule has 2 aromatic rings. The molecule has 2 aromatic carbocycles. The Morgan fingerprint density at radius 1 is 1.07 bits per heavy atom. The number of carbonyl (C=O) groups excluding carboxylic acids is 2. The number of rotatable bonds is 11. The maximum atomic E-state index is 13.1. The predicted molar refractivity (Wildman–Crippen MR) is 126 cm³/mol. The Hall–Kier alpha value is -1.98. The fourth-order valence-electron chi connectivity index (χ4n) is 3.05. The van der Waals surface area contributed by atoms with Crippen LogP contribution in [0.3, 0.4) is 0 Å². The minimum atomic E-state index is -0.475. The van der Waals surface area contributed by atoms with Crippen LogP contribution in [0, 0.1) is 5.92 Å². The van der Waals surface area contributed by atoms with E-state index in [-0.39, 0.29) is 11.8 Å². The van der Waals surface area contributed by atoms with E-state index in [2.05, 4.69) is 19.2 Å². The average molecular weight is 447 g/mol. The van der Waals surface area contributed by atoms with Crippen LogP contribution in [-0.4, -0.2) is 35.1 Å². The van der Waals surface area contributed by atoms with Gasteiger partial charge in [0, 0.05) is 35.2 Å². The largest absolute Gasteiger partial charge is 0.354 e. The Labute approximate surface area is 189 Å². The molecule has 4 nitrogen and oxygen atoms in total. The summed E-state index contributed by atoms with van der Waals surface area (Å²) in [6, 6.07) is 17.0. The Bertz CT molecular complexity index is 797. The normalized spacial score (nSPS) is 11.9. The molecule has 0 saturated carbocycles. The van der Waals surface area contributed by atoms with Crippen molar-refractivity contribution in [3.63, 3.8) is 0 Å². The van der Waals surface area contributed by atoms with Crippen molar-refractivity contribution in [2.45, 2.75) is 51.1 Å². The third-order valence-electron chi connectivity index (χ3n) is 4.66. The van der Waals surface area contributed by atoms with E-state index >= 15 is 0 Å². The zero-order valence-corrected chi connectivity index (χ0v) is 19.5. The number of nitrogens with one attached hydrogen (secondary N) is 1. The summed E-state index contributed by atoms with van der Waals surface area (Å²) in [5.74, 6) is 0.920. The first-order valence-corrected chi connectivity index (χ1v) is 11.8. The standard InChI is InChI=1S/C24H31ClN2O2S/c1-4-22(24(29)26-16-18(2)3)27(17-19-8-6-5-7-9-19)23(28)14-15-30-21-12-10-20(25)11-13-21/h5-13,18,22H,4,14-17H2,1-3H3,(H,26,29)/t22-/m1/s1. The smallest absolute Gasteiger partial charge is 0.242 e. The van der Waals surface area contributed by atoms with Crippen LogP contribution in [-0.2, 0) is 16.1 Å². The highest BCUT2D eigenvalue weighted by Gasteiger charge is 2.28. The molecule has 0 saturated heterocycles. The van der Waals surface area contributed by atoms with Crippen molar-refractivity contribution in [2.24, 2.45) is 5.92 Å². The van der Waals surface area contributed by atoms with Gasteiger partial charge in [-0.05, 0) is 42.2 Å². The number of thioether (sulfide) groups is 1. The Kier molecular flexibility index (Phi) is 10.2. The van der Waals surface area contributed by atoms with E-state index in [1.54, 1.807) is 16.7 Å². The number of nitrogens with zero attached hydrogens (tertiary/aromatic N) is 1. The van der Waals surface area contributed by atoms with E-state index in [9.17, 15) is 9.59 Å². The minimum Gasteiger partial charge on any atom is -0.354 e. The van der Waals surface area contributed by atoms with Crippen molar-refractivity contribution in [3.05, 3.63) is 65.2 Å². The lowest BCUT2D eigenvalue weighted by Crippen LogP contribution is -2.49. The lowest BCUT2D eigenvalue weighted by molar-refractivity contribution is -0.141. The molecule has 0 aliphatic heterocycles. The van der Waals surface area contributed by atoms with Gasteiger partial charge in [0.15, 0.2) is 0 Å². The molecule has 0 radical (unpaired) electrons. The van der Waals surface area contributed by atoms with Gasteiger partial charge >= 0.3 is 0 Å². The Balaban J connectivity index is 2.07. The van der Waals surface area contributed by atoms with Crippen LogP contribution < -0.4 is 5.32 Å². The first-order valence-electron chi connectivity index (χ1n) is 10.4. The molecule has 30 heavy (non-hydrogen) atoms. The Morgan fingerprint density at radius 2 is 1.73 bits per heavy atom. The maximum absolute atomic E-state index is 13.1. The molecule has 1 N–H and O–H groups in total. The quantitative estimate of drug-likeness (QED) is 0.470. The number of halogens is 1. The van der Waals surface area contributed by atoms with Gasteiger partial charge < -0.3 is 10.2 Å². The van der Waals surface area contributed by atoms with Gasteiger partial charge in [0.05, 0.1) is 0 Å². The first kappa shape index (κ1) is 24.3. The molecule has 0 bridgehead atoms. The fourth-order valence-corrected chi connectivity index (χ4v) is 4.02. The van der Waals surface area contributed by atoms with E-state index in [1.807, 2.05) is 61.5 Å². The summed E-state index contributed by atoms with van der Waals surface area (Å²) in [6.45, 7) is 7.10. The summed E-state index contributed by atoms with van der Waals surface area (Å²) in [4.78, 5) is 28.8. The zero-order chi connectivity index (χ0) is 21.9. The second-order valence-corrected chi connectivity index (χ2v) is 9.23. The number of carbonyl (C=O) groups is 2. The molecule has 162 valence electrons. The SMILES string of the molecule is CC[C@H](C(=O)NCC(C)C)N(Cc1ccccc1)C(=O)CCSc1ccc(Cl)cc1. The Morgan fingerprint density at radius 3 is 2.33 bits per heavy atom. The van der Waals surface area contributed by atoms with Crippen LogP contribution >= 0.6 is 23.4 Å². The molecule has 0 spiro atoms. The second-order valence-electron chi connectivity index (χ2n) is 7.62. The van der Waals surface area contributed by atoms with Gasteiger partial charge in [-0.3, -0.25) is 9.59 Å². The summed E-state index contributed by atoms with van der Waals surface area (Å²) in [6.07, 6.45) is 0.945. The highest BCUT2D eigenvalue weighted by atomic mass is 35.5. The highest BCUT2D eigenvalue weighted by Crippen LogP contribution is 2.22. The van der Waals surface area contributed by atoms with E-state index in [0.717, 1.165) is 10.5 Å². The van der Waals surface area contributed by atoms with Gasteiger partial charge in [-0.1, -0.05) is 62.7 Å². The number of amides is 2. The van der Waals surface area contributed by atoms with Gasteiger partial charge in [0.2, 0.25) is 11.8 Å². The number of benzene rings is 2. The molecule has 0 fully saturated rings. The summed E-state index contributed by atoms with van der Waals surface area (Å²) in [5.41, 5.74) is 1.02. The molecular formula is C24H31ClN2O2S. The topological polar surface area (TPSA) is 49.4 Å². The van der Waals surface area contributed by atoms with Gasteiger partial charge in [-0.25, -0.2) is 0 Å². The van der Waals surface area contributed by atoms with E-state index < -0.39 is 6.04 Å². The van der Waals surface area contributed by atoms with Crippen LogP contribution in [0.15, 0.2) is 59.5 Å². The van der Waals surface area contributed by atoms with E-state index in [4.69, 9.17) is 11.6 Å². The van der Waals surface area contributed by atoms with Crippen molar-refractivity contribution >= 4 is 35.2 Å². The van der Waals surface area contributed by atoms with Gasteiger partial charge in [0.25, 0.3) is 0 Å². The average Bonchev–Trinajstić information content (AvgIpc) is 2.74. The van der Waals surface area contributed by atoms with Crippen LogP contribution in [0.1, 0.15) is 39.2 Å². The van der Waals surface area contributed by atoms with Crippen LogP contribution in [0.5, 0.6) is 0 Å². The van der Waals surface area contributed by atoms with E-state index in [0.29, 0.717) is 42.6 Å². The molecule has 0 heterocycles. The van der Waals surface area contributed by atoms with Crippen molar-refractivity contribution in [1.29, 1.82) is 0 Å². The third-order valence-corrected chi connectivity index (χ3v) is 5.93. The highest BCUT2D eigenvalue weighted by molar-refractivity contribution is 7.99. The second kappa shape index (κ2) is 12.7. The van der Waals surface area contributed by atoms with Crippen LogP contribution in [0.25, 0.3) is 0 Å². The summed E-state index contributed by atoms with van der Waals surface area (Å²) < 4.78 is 0. The molecule has 6 heteroatoms. The predicted octanol–water partition coefficient (Wildman–Crippen LogP) is 5.40. The molecule has 0 aliphatic carbocycles. The fraction of sp³-hybridized carbons (Fsp3) is 0.417. The van der Waals surface area contributed by atoms with Crippen LogP contribution in [0.4, 0.5) is 0 Å². The molecular weight excluding hydrogens is 416 g/mol. The zero-order valence-electron chi connectivity index (χ0n) is 17.9. The number of hydrogen-bond donors (Lipinski definition) is 1. The molecule has 0 aromatic heterocycles. The minimum absolute atomic E-state index is 0.00753. The monoisotopic (exact) mass is 446 g/mol. The maximum Gasteiger partial charge on any atom is 0.242 e. The van der Waals surface area contributed by atoms with Crippen molar-refractivity contribution in [1.82, 2.24) is 10.2 Å². The molecule has 2 rings (SSSR count). The molecule has 1 atom stereocenters. The van der Waals surface area contributed by atoms with Gasteiger partial charge in [0.1, 0.15) is 6.04 Å². The van der Waals surface area contributed by atoms with Gasteiger partial charge in [-0.2, -0.15) is 0 Å². The lowest BCUT2D eigenvalue weighted by atomic mass is 10.1. The summed E-state index contributed by atoms with van der Waals surface area (Å²) >= 11 is 7.55. The molecule has 0 unspecified atom stereocenters. The van der Waals surface area contributed by atoms with E-state index in [1.165, 1.54) is 0 Å². The lowest BCUT2D eigenvalue weighted by Gasteiger charge is -2.31. The summed E-state index contributed by atoms with van der Waals surface area (Å²) in [7, 11) is 0. The molecule has 0 aliphatic rings. The first-order chi connectivity index (χ1) is 14.4. The summed E-state index contributed by atoms with van der Waals surface area (Å²) in [5, 5.41) is 3.69. The van der Waals surface area contributed by atoms with Gasteiger partial charge in [-0.15, -0.1) is 11.8 Å². The molecule has 2 amide bonds. The number of hydrogen-bond acceptors (Lipinski definition) is 3. The third kappa shape index (κ3) is 8.04. The van der Waals surface area contributed by atoms with Crippen LogP contribution in [0.2, 0.25) is 5.02 Å². The van der Waals surface area contributed by atoms with Crippen molar-refractivity contribution in [3.8, 4) is 0 Å². The van der Waals surface area contributed by atoms with Crippen molar-refractivity contribution < 1.29 is 9.59 Å².